The zero-order valence-corrected chi connectivity index (χ0v) is 10.8. The van der Waals surface area contributed by atoms with Crippen molar-refractivity contribution < 1.29 is 14.6 Å². The summed E-state index contributed by atoms with van der Waals surface area (Å²) in [5, 5.41) is 8.87. The first-order valence-electron chi connectivity index (χ1n) is 6.19. The van der Waals surface area contributed by atoms with Gasteiger partial charge in [0.1, 0.15) is 5.75 Å². The molecule has 1 aromatic carbocycles. The Balaban J connectivity index is 2.28. The Kier molecular flexibility index (Phi) is 4.23. The quantitative estimate of drug-likeness (QED) is 0.867. The summed E-state index contributed by atoms with van der Waals surface area (Å²) in [4.78, 5) is 10.8. The molecule has 0 spiro atoms. The summed E-state index contributed by atoms with van der Waals surface area (Å²) in [6, 6.07) is 11.6. The fourth-order valence-electron chi connectivity index (χ4n) is 2.15. The zero-order valence-electron chi connectivity index (χ0n) is 10.8. The van der Waals surface area contributed by atoms with Gasteiger partial charge in [-0.1, -0.05) is 12.1 Å². The monoisotopic (exact) mass is 259 g/mol. The van der Waals surface area contributed by atoms with Crippen LogP contribution in [0.2, 0.25) is 0 Å². The van der Waals surface area contributed by atoms with Crippen molar-refractivity contribution in [1.29, 1.82) is 0 Å². The van der Waals surface area contributed by atoms with E-state index in [1.807, 2.05) is 53.4 Å². The second kappa shape index (κ2) is 6.09. The first-order chi connectivity index (χ1) is 9.20. The van der Waals surface area contributed by atoms with E-state index in [9.17, 15) is 4.79 Å². The molecule has 1 aromatic heterocycles. The van der Waals surface area contributed by atoms with Crippen LogP contribution < -0.4 is 4.74 Å². The Morgan fingerprint density at radius 1 is 1.32 bits per heavy atom. The molecule has 1 unspecified atom stereocenters. The van der Waals surface area contributed by atoms with Crippen molar-refractivity contribution in [2.45, 2.75) is 18.9 Å². The number of benzene rings is 1. The molecule has 1 atom stereocenters. The van der Waals surface area contributed by atoms with E-state index in [0.29, 0.717) is 6.42 Å². The molecule has 0 radical (unpaired) electrons. The van der Waals surface area contributed by atoms with E-state index in [4.69, 9.17) is 9.84 Å². The van der Waals surface area contributed by atoms with E-state index < -0.39 is 5.97 Å². The van der Waals surface area contributed by atoms with Crippen LogP contribution in [0.5, 0.6) is 5.75 Å². The summed E-state index contributed by atoms with van der Waals surface area (Å²) in [6.07, 6.45) is 4.59. The molecule has 0 amide bonds. The number of hydrogen-bond donors (Lipinski definition) is 1. The molecule has 0 aliphatic heterocycles. The number of methoxy groups -OCH3 is 1. The van der Waals surface area contributed by atoms with Gasteiger partial charge in [-0.2, -0.15) is 0 Å². The van der Waals surface area contributed by atoms with Crippen molar-refractivity contribution in [3.63, 3.8) is 0 Å². The maximum atomic E-state index is 10.8. The molecule has 0 saturated heterocycles. The lowest BCUT2D eigenvalue weighted by Crippen LogP contribution is -2.11. The molecular weight excluding hydrogens is 242 g/mol. The fraction of sp³-hybridized carbons (Fsp3) is 0.267. The second-order valence-electron chi connectivity index (χ2n) is 4.36. The SMILES string of the molecule is COc1cccc(C(CCC(=O)O)n2cccc2)c1. The minimum atomic E-state index is -0.778. The average Bonchev–Trinajstić information content (AvgIpc) is 2.93. The number of carboxylic acids is 1. The summed E-state index contributed by atoms with van der Waals surface area (Å²) in [7, 11) is 1.63. The second-order valence-corrected chi connectivity index (χ2v) is 4.36. The third kappa shape index (κ3) is 3.37. The van der Waals surface area contributed by atoms with E-state index in [-0.39, 0.29) is 12.5 Å². The van der Waals surface area contributed by atoms with Gasteiger partial charge in [-0.05, 0) is 36.2 Å². The molecule has 0 aliphatic carbocycles. The van der Waals surface area contributed by atoms with Gasteiger partial charge in [0, 0.05) is 18.8 Å². The zero-order chi connectivity index (χ0) is 13.7. The maximum Gasteiger partial charge on any atom is 0.303 e. The third-order valence-corrected chi connectivity index (χ3v) is 3.10. The predicted octanol–water partition coefficient (Wildman–Crippen LogP) is 2.95. The Labute approximate surface area is 112 Å². The van der Waals surface area contributed by atoms with E-state index >= 15 is 0 Å². The maximum absolute atomic E-state index is 10.8. The Morgan fingerprint density at radius 2 is 2.05 bits per heavy atom. The number of carbonyl (C=O) groups is 1. The highest BCUT2D eigenvalue weighted by Crippen LogP contribution is 2.26. The molecule has 1 N–H and O–H groups in total. The standard InChI is InChI=1S/C15H17NO3/c1-19-13-6-4-5-12(11-13)14(7-8-15(17)18)16-9-2-3-10-16/h2-6,9-11,14H,7-8H2,1H3,(H,17,18). The minimum Gasteiger partial charge on any atom is -0.497 e. The van der Waals surface area contributed by atoms with Crippen LogP contribution >= 0.6 is 0 Å². The molecule has 19 heavy (non-hydrogen) atoms. The van der Waals surface area contributed by atoms with Gasteiger partial charge in [0.25, 0.3) is 0 Å². The van der Waals surface area contributed by atoms with Crippen LogP contribution in [0.15, 0.2) is 48.8 Å². The number of nitrogens with zero attached hydrogens (tertiary/aromatic N) is 1. The van der Waals surface area contributed by atoms with Gasteiger partial charge >= 0.3 is 5.97 Å². The topological polar surface area (TPSA) is 51.5 Å². The largest absolute Gasteiger partial charge is 0.497 e. The van der Waals surface area contributed by atoms with Crippen molar-refractivity contribution >= 4 is 5.97 Å². The summed E-state index contributed by atoms with van der Waals surface area (Å²) in [6.45, 7) is 0. The number of rotatable bonds is 6. The number of hydrogen-bond acceptors (Lipinski definition) is 2. The van der Waals surface area contributed by atoms with Crippen LogP contribution in [0.4, 0.5) is 0 Å². The molecule has 1 heterocycles. The molecule has 4 nitrogen and oxygen atoms in total. The number of ether oxygens (including phenoxy) is 1. The fourth-order valence-corrected chi connectivity index (χ4v) is 2.15. The summed E-state index contributed by atoms with van der Waals surface area (Å²) in [5.74, 6) is 0.00466. The first-order valence-corrected chi connectivity index (χ1v) is 6.19. The van der Waals surface area contributed by atoms with Crippen LogP contribution in [0.1, 0.15) is 24.4 Å². The summed E-state index contributed by atoms with van der Waals surface area (Å²) in [5.41, 5.74) is 1.05. The van der Waals surface area contributed by atoms with Crippen LogP contribution in [0, 0.1) is 0 Å². The molecule has 0 bridgehead atoms. The number of carboxylic acid groups (broad SMARTS) is 1. The Morgan fingerprint density at radius 3 is 2.68 bits per heavy atom. The van der Waals surface area contributed by atoms with Gasteiger partial charge in [0.15, 0.2) is 0 Å². The normalized spacial score (nSPS) is 12.1. The number of aliphatic carboxylic acids is 1. The van der Waals surface area contributed by atoms with Crippen LogP contribution in [-0.4, -0.2) is 22.8 Å². The highest BCUT2D eigenvalue weighted by atomic mass is 16.5. The molecule has 100 valence electrons. The molecule has 4 heteroatoms. The van der Waals surface area contributed by atoms with Gasteiger partial charge < -0.3 is 14.4 Å². The average molecular weight is 259 g/mol. The predicted molar refractivity (Wildman–Crippen MR) is 72.4 cm³/mol. The molecule has 2 rings (SSSR count). The molecule has 0 fully saturated rings. The lowest BCUT2D eigenvalue weighted by atomic mass is 10.0. The molecule has 2 aromatic rings. The van der Waals surface area contributed by atoms with Gasteiger partial charge in [-0.3, -0.25) is 4.79 Å². The highest BCUT2D eigenvalue weighted by Gasteiger charge is 2.15. The first kappa shape index (κ1) is 13.2. The van der Waals surface area contributed by atoms with E-state index in [1.54, 1.807) is 7.11 Å². The smallest absolute Gasteiger partial charge is 0.303 e. The highest BCUT2D eigenvalue weighted by molar-refractivity contribution is 5.66. The Hall–Kier alpha value is -2.23. The van der Waals surface area contributed by atoms with E-state index in [1.165, 1.54) is 0 Å². The van der Waals surface area contributed by atoms with Crippen molar-refractivity contribution in [3.05, 3.63) is 54.4 Å². The van der Waals surface area contributed by atoms with Crippen molar-refractivity contribution in [2.24, 2.45) is 0 Å². The van der Waals surface area contributed by atoms with Crippen LogP contribution in [0.25, 0.3) is 0 Å². The van der Waals surface area contributed by atoms with Crippen LogP contribution in [-0.2, 0) is 4.79 Å². The third-order valence-electron chi connectivity index (χ3n) is 3.10. The number of aromatic nitrogens is 1. The van der Waals surface area contributed by atoms with Gasteiger partial charge in [-0.15, -0.1) is 0 Å². The molecule has 0 saturated carbocycles. The van der Waals surface area contributed by atoms with Crippen molar-refractivity contribution in [2.75, 3.05) is 7.11 Å². The molecule has 0 aliphatic rings. The lowest BCUT2D eigenvalue weighted by molar-refractivity contribution is -0.137. The van der Waals surface area contributed by atoms with Crippen molar-refractivity contribution in [3.8, 4) is 5.75 Å². The summed E-state index contributed by atoms with van der Waals surface area (Å²) >= 11 is 0. The van der Waals surface area contributed by atoms with Gasteiger partial charge in [0.2, 0.25) is 0 Å². The van der Waals surface area contributed by atoms with E-state index in [0.717, 1.165) is 11.3 Å². The Bertz CT molecular complexity index is 534. The lowest BCUT2D eigenvalue weighted by Gasteiger charge is -2.19. The van der Waals surface area contributed by atoms with Crippen LogP contribution in [0.3, 0.4) is 0 Å². The van der Waals surface area contributed by atoms with Crippen molar-refractivity contribution in [1.82, 2.24) is 4.57 Å². The minimum absolute atomic E-state index is 0.0150. The van der Waals surface area contributed by atoms with Gasteiger partial charge in [0.05, 0.1) is 13.2 Å². The van der Waals surface area contributed by atoms with E-state index in [2.05, 4.69) is 0 Å². The summed E-state index contributed by atoms with van der Waals surface area (Å²) < 4.78 is 7.25. The van der Waals surface area contributed by atoms with Gasteiger partial charge in [-0.25, -0.2) is 0 Å². The molecular formula is C15H17NO3.